The quantitative estimate of drug-likeness (QED) is 0.656. The maximum Gasteiger partial charge on any atom is 0.283 e. The van der Waals surface area contributed by atoms with E-state index in [4.69, 9.17) is 0 Å². The van der Waals surface area contributed by atoms with E-state index in [0.717, 1.165) is 29.5 Å². The first-order chi connectivity index (χ1) is 14.3. The van der Waals surface area contributed by atoms with Crippen molar-refractivity contribution in [2.45, 2.75) is 59.0 Å². The minimum atomic E-state index is -0.272. The first kappa shape index (κ1) is 21.2. The summed E-state index contributed by atoms with van der Waals surface area (Å²) in [6.07, 6.45) is 8.53. The normalized spacial score (nSPS) is 26.7. The summed E-state index contributed by atoms with van der Waals surface area (Å²) in [7, 11) is 0. The maximum absolute atomic E-state index is 12.8. The third kappa shape index (κ3) is 3.96. The maximum atomic E-state index is 12.8. The van der Waals surface area contributed by atoms with Crippen molar-refractivity contribution < 1.29 is 4.79 Å². The van der Waals surface area contributed by atoms with Crippen molar-refractivity contribution in [2.24, 2.45) is 23.2 Å². The molecule has 0 amide bonds. The highest BCUT2D eigenvalue weighted by atomic mass is 79.9. The number of carbonyl (C=O) groups is 1. The summed E-state index contributed by atoms with van der Waals surface area (Å²) < 4.78 is 1.69. The minimum absolute atomic E-state index is 0.0129. The largest absolute Gasteiger partial charge is 0.380 e. The van der Waals surface area contributed by atoms with Crippen LogP contribution in [0.25, 0.3) is 0 Å². The number of rotatable bonds is 7. The Kier molecular flexibility index (Phi) is 5.84. The van der Waals surface area contributed by atoms with E-state index in [-0.39, 0.29) is 17.9 Å². The zero-order valence-corrected chi connectivity index (χ0v) is 19.4. The van der Waals surface area contributed by atoms with Crippen molar-refractivity contribution in [3.63, 3.8) is 0 Å². The van der Waals surface area contributed by atoms with Gasteiger partial charge in [0, 0.05) is 24.9 Å². The van der Waals surface area contributed by atoms with Crippen LogP contribution in [0.15, 0.2) is 40.0 Å². The van der Waals surface area contributed by atoms with Crippen LogP contribution in [0.4, 0.5) is 5.69 Å². The monoisotopic (exact) mass is 472 g/mol. The first-order valence-electron chi connectivity index (χ1n) is 10.7. The van der Waals surface area contributed by atoms with Crippen LogP contribution in [-0.2, 0) is 17.8 Å². The Morgan fingerprint density at radius 3 is 2.70 bits per heavy atom. The lowest BCUT2D eigenvalue weighted by molar-refractivity contribution is -0.119. The fraction of sp³-hybridized carbons (Fsp3) is 0.565. The molecule has 0 radical (unpaired) electrons. The molecule has 3 saturated carbocycles. The predicted octanol–water partition coefficient (Wildman–Crippen LogP) is 4.09. The van der Waals surface area contributed by atoms with E-state index >= 15 is 0 Å². The number of nitrogens with one attached hydrogen (secondary N) is 1. The number of pyridine rings is 1. The van der Waals surface area contributed by atoms with E-state index in [1.54, 1.807) is 18.6 Å². The van der Waals surface area contributed by atoms with Crippen molar-refractivity contribution in [3.05, 3.63) is 51.1 Å². The van der Waals surface area contributed by atoms with Gasteiger partial charge in [-0.05, 0) is 76.1 Å². The van der Waals surface area contributed by atoms with Crippen LogP contribution in [0.1, 0.15) is 45.6 Å². The molecule has 2 heterocycles. The third-order valence-corrected chi connectivity index (χ3v) is 8.21. The second-order valence-corrected chi connectivity index (χ2v) is 10.2. The number of hydrogen-bond acceptors (Lipinski definition) is 5. The van der Waals surface area contributed by atoms with E-state index in [1.165, 1.54) is 11.1 Å². The van der Waals surface area contributed by atoms with Gasteiger partial charge in [0.25, 0.3) is 5.56 Å². The molecule has 2 aromatic rings. The van der Waals surface area contributed by atoms with E-state index in [2.05, 4.69) is 52.1 Å². The van der Waals surface area contributed by atoms with Crippen LogP contribution < -0.4 is 10.9 Å². The predicted molar refractivity (Wildman–Crippen MR) is 120 cm³/mol. The fourth-order valence-corrected chi connectivity index (χ4v) is 5.72. The topological polar surface area (TPSA) is 76.9 Å². The van der Waals surface area contributed by atoms with Crippen LogP contribution >= 0.6 is 15.9 Å². The molecule has 0 aromatic carbocycles. The van der Waals surface area contributed by atoms with Crippen molar-refractivity contribution >= 4 is 27.4 Å². The van der Waals surface area contributed by atoms with Gasteiger partial charge in [0.15, 0.2) is 5.78 Å². The highest BCUT2D eigenvalue weighted by Gasteiger charge is 2.56. The summed E-state index contributed by atoms with van der Waals surface area (Å²) in [6.45, 7) is 7.05. The molecular weight excluding hydrogens is 444 g/mol. The smallest absolute Gasteiger partial charge is 0.283 e. The number of Topliss-reactive ketones (excluding diaryl/α,β-unsaturated/α-hetero) is 1. The summed E-state index contributed by atoms with van der Waals surface area (Å²) in [4.78, 5) is 29.1. The van der Waals surface area contributed by atoms with Crippen molar-refractivity contribution in [2.75, 3.05) is 5.32 Å². The van der Waals surface area contributed by atoms with Gasteiger partial charge in [-0.1, -0.05) is 20.8 Å². The van der Waals surface area contributed by atoms with Crippen LogP contribution in [0, 0.1) is 23.2 Å². The first-order valence-corrected chi connectivity index (χ1v) is 11.5. The Balaban J connectivity index is 1.39. The van der Waals surface area contributed by atoms with Gasteiger partial charge in [-0.2, -0.15) is 5.10 Å². The van der Waals surface area contributed by atoms with Gasteiger partial charge in [-0.15, -0.1) is 0 Å². The number of fused-ring (bicyclic) bond motifs is 2. The molecule has 3 fully saturated rings. The zero-order valence-electron chi connectivity index (χ0n) is 17.8. The van der Waals surface area contributed by atoms with E-state index in [9.17, 15) is 9.59 Å². The molecule has 2 aromatic heterocycles. The second kappa shape index (κ2) is 8.25. The molecule has 30 heavy (non-hydrogen) atoms. The lowest BCUT2D eigenvalue weighted by Crippen LogP contribution is -2.58. The molecule has 7 heteroatoms. The van der Waals surface area contributed by atoms with Crippen molar-refractivity contribution in [1.29, 1.82) is 0 Å². The van der Waals surface area contributed by atoms with E-state index in [0.29, 0.717) is 34.7 Å². The van der Waals surface area contributed by atoms with Gasteiger partial charge >= 0.3 is 0 Å². The average molecular weight is 473 g/mol. The summed E-state index contributed by atoms with van der Waals surface area (Å²) in [6, 6.07) is 4.13. The molecule has 0 aliphatic heterocycles. The molecule has 1 N–H and O–H groups in total. The molecular formula is C23H29BrN4O2. The number of anilines is 1. The van der Waals surface area contributed by atoms with E-state index in [1.807, 2.05) is 12.1 Å². The number of aryl methyl sites for hydroxylation is 1. The SMILES string of the molecule is C[C@H]1[C@H](Nc2cnn(CC(=O)CCc3ccncc3)c(=O)c2Br)C[C@H]2C[C@@H]1C2(C)C. The summed E-state index contributed by atoms with van der Waals surface area (Å²) in [5.41, 5.74) is 1.93. The minimum Gasteiger partial charge on any atom is -0.380 e. The number of halogens is 1. The number of nitrogens with zero attached hydrogens (tertiary/aromatic N) is 3. The molecule has 5 rings (SSSR count). The van der Waals surface area contributed by atoms with E-state index < -0.39 is 0 Å². The number of carbonyl (C=O) groups excluding carboxylic acids is 1. The lowest BCUT2D eigenvalue weighted by Gasteiger charge is -2.62. The summed E-state index contributed by atoms with van der Waals surface area (Å²) >= 11 is 3.44. The number of ketones is 1. The molecule has 3 aliphatic rings. The molecule has 0 unspecified atom stereocenters. The average Bonchev–Trinajstić information content (AvgIpc) is 2.73. The Morgan fingerprint density at radius 1 is 1.30 bits per heavy atom. The Labute approximate surface area is 185 Å². The Bertz CT molecular complexity index is 988. The molecule has 0 saturated heterocycles. The molecule has 2 bridgehead atoms. The van der Waals surface area contributed by atoms with Gasteiger partial charge in [0.2, 0.25) is 0 Å². The third-order valence-electron chi connectivity index (χ3n) is 7.45. The summed E-state index contributed by atoms with van der Waals surface area (Å²) in [5.74, 6) is 1.99. The molecule has 160 valence electrons. The molecule has 0 spiro atoms. The van der Waals surface area contributed by atoms with Crippen LogP contribution in [0.3, 0.4) is 0 Å². The van der Waals surface area contributed by atoms with Gasteiger partial charge in [-0.3, -0.25) is 14.6 Å². The molecule has 6 nitrogen and oxygen atoms in total. The molecule has 3 aliphatic carbocycles. The van der Waals surface area contributed by atoms with Crippen LogP contribution in [-0.4, -0.2) is 26.6 Å². The Hall–Kier alpha value is -2.02. The molecule has 4 atom stereocenters. The van der Waals surface area contributed by atoms with Crippen molar-refractivity contribution in [1.82, 2.24) is 14.8 Å². The van der Waals surface area contributed by atoms with Gasteiger partial charge in [0.05, 0.1) is 11.9 Å². The fourth-order valence-electron chi connectivity index (χ4n) is 5.30. The standard InChI is InChI=1S/C23H29BrN4O2/c1-14-18-10-16(23(18,2)3)11-19(14)27-20-12-26-28(22(30)21(20)24)13-17(29)5-4-15-6-8-25-9-7-15/h6-9,12,14,16,18-19,27H,4-5,10-11,13H2,1-3H3/t14-,16-,18+,19-/m1/s1. The second-order valence-electron chi connectivity index (χ2n) is 9.44. The zero-order chi connectivity index (χ0) is 21.5. The van der Waals surface area contributed by atoms with Gasteiger partial charge in [-0.25, -0.2) is 4.68 Å². The lowest BCUT2D eigenvalue weighted by atomic mass is 9.45. The highest BCUT2D eigenvalue weighted by Crippen LogP contribution is 2.61. The number of aromatic nitrogens is 3. The van der Waals surface area contributed by atoms with Crippen LogP contribution in [0.2, 0.25) is 0 Å². The van der Waals surface area contributed by atoms with Gasteiger partial charge in [0.1, 0.15) is 11.0 Å². The highest BCUT2D eigenvalue weighted by molar-refractivity contribution is 9.10. The number of hydrogen-bond donors (Lipinski definition) is 1. The summed E-state index contributed by atoms with van der Waals surface area (Å²) in [5, 5.41) is 7.82. The van der Waals surface area contributed by atoms with Crippen molar-refractivity contribution in [3.8, 4) is 0 Å². The van der Waals surface area contributed by atoms with Crippen LogP contribution in [0.5, 0.6) is 0 Å². The Morgan fingerprint density at radius 2 is 2.03 bits per heavy atom. The van der Waals surface area contributed by atoms with Gasteiger partial charge < -0.3 is 5.32 Å².